The van der Waals surface area contributed by atoms with Crippen LogP contribution in [0.4, 0.5) is 10.5 Å². The van der Waals surface area contributed by atoms with Gasteiger partial charge < -0.3 is 29.0 Å². The molecule has 0 saturated carbocycles. The molecule has 0 spiro atoms. The van der Waals surface area contributed by atoms with E-state index in [4.69, 9.17) is 13.9 Å². The Bertz CT molecular complexity index is 1280. The Hall–Kier alpha value is -3.57. The lowest BCUT2D eigenvalue weighted by Crippen LogP contribution is -2.51. The second-order valence-corrected chi connectivity index (χ2v) is 17.0. The summed E-state index contributed by atoms with van der Waals surface area (Å²) in [6.45, 7) is 12.8. The number of carbonyl (C=O) groups excluding carboxylic acids is 2. The van der Waals surface area contributed by atoms with Crippen LogP contribution in [0.5, 0.6) is 11.5 Å². The summed E-state index contributed by atoms with van der Waals surface area (Å²) in [6, 6.07) is 10.5. The molecule has 2 aromatic carbocycles. The molecule has 4 rings (SSSR count). The maximum absolute atomic E-state index is 13.9. The first-order valence-corrected chi connectivity index (χ1v) is 16.2. The van der Waals surface area contributed by atoms with Crippen molar-refractivity contribution in [2.24, 2.45) is 0 Å². The molecule has 1 fully saturated rings. The average molecular weight is 585 g/mol. The second kappa shape index (κ2) is 11.7. The number of ether oxygens (including phenoxy) is 2. The quantitative estimate of drug-likeness (QED) is 0.308. The van der Waals surface area contributed by atoms with Crippen molar-refractivity contribution in [2.75, 3.05) is 18.6 Å². The van der Waals surface area contributed by atoms with Crippen LogP contribution in [0.15, 0.2) is 42.5 Å². The fourth-order valence-corrected chi connectivity index (χ4v) is 11.9. The smallest absolute Gasteiger partial charge is 0.414 e. The summed E-state index contributed by atoms with van der Waals surface area (Å²) in [4.78, 5) is 41.3. The molecule has 11 heteroatoms. The molecule has 1 unspecified atom stereocenters. The van der Waals surface area contributed by atoms with Crippen LogP contribution in [0.25, 0.3) is 0 Å². The first-order valence-electron chi connectivity index (χ1n) is 14.0. The minimum absolute atomic E-state index is 0.0106. The largest absolute Gasteiger partial charge is 0.540 e. The standard InChI is InChI=1S/C30H40N2O8Si/c1-17(2)41(18(3)4,19(5)6)40-26-15-23-22(14-25(26)38-7)27(33)31-16-21(13-24(31)28(34)32(23)30(36)37)39-29(35)20-11-9-8-10-12-20/h8-12,14-15,17-19,21,24,28,34H,13,16H2,1-7H3,(H,36,37)/t21-,24?,28-/m0/s1. The van der Waals surface area contributed by atoms with Crippen LogP contribution in [0.3, 0.4) is 0 Å². The van der Waals surface area contributed by atoms with Gasteiger partial charge in [-0.1, -0.05) is 59.7 Å². The first kappa shape index (κ1) is 30.4. The van der Waals surface area contributed by atoms with E-state index in [-0.39, 0.29) is 40.8 Å². The Morgan fingerprint density at radius 2 is 1.59 bits per heavy atom. The van der Waals surface area contributed by atoms with Crippen molar-refractivity contribution in [3.05, 3.63) is 53.6 Å². The summed E-state index contributed by atoms with van der Waals surface area (Å²) in [7, 11) is -1.01. The molecule has 0 bridgehead atoms. The van der Waals surface area contributed by atoms with Gasteiger partial charge in [-0.2, -0.15) is 0 Å². The molecule has 2 amide bonds. The van der Waals surface area contributed by atoms with Gasteiger partial charge in [-0.05, 0) is 34.8 Å². The average Bonchev–Trinajstić information content (AvgIpc) is 3.31. The van der Waals surface area contributed by atoms with Gasteiger partial charge in [0.25, 0.3) is 14.2 Å². The SMILES string of the molecule is COc1cc2c(cc1O[Si](C(C)C)(C(C)C)C(C)C)N(C(=O)O)[C@@H](O)C1C[C@H](OC(=O)c3ccccc3)CN1C2=O. The highest BCUT2D eigenvalue weighted by Gasteiger charge is 2.50. The van der Waals surface area contributed by atoms with Crippen LogP contribution in [0, 0.1) is 0 Å². The van der Waals surface area contributed by atoms with E-state index in [1.807, 2.05) is 0 Å². The van der Waals surface area contributed by atoms with Crippen LogP contribution < -0.4 is 14.1 Å². The van der Waals surface area contributed by atoms with Gasteiger partial charge in [0.2, 0.25) is 0 Å². The number of aliphatic hydroxyl groups is 1. The number of fused-ring (bicyclic) bond motifs is 2. The predicted molar refractivity (Wildman–Crippen MR) is 156 cm³/mol. The Balaban J connectivity index is 1.75. The van der Waals surface area contributed by atoms with Gasteiger partial charge in [-0.25, -0.2) is 14.5 Å². The third kappa shape index (κ3) is 5.40. The first-order chi connectivity index (χ1) is 19.3. The van der Waals surface area contributed by atoms with Gasteiger partial charge in [0.15, 0.2) is 12.0 Å². The number of rotatable bonds is 8. The van der Waals surface area contributed by atoms with E-state index in [1.54, 1.807) is 30.3 Å². The molecule has 1 saturated heterocycles. The number of carbonyl (C=O) groups is 3. The Morgan fingerprint density at radius 3 is 2.12 bits per heavy atom. The maximum Gasteiger partial charge on any atom is 0.414 e. The number of hydrogen-bond acceptors (Lipinski definition) is 7. The zero-order valence-electron chi connectivity index (χ0n) is 24.7. The van der Waals surface area contributed by atoms with E-state index in [2.05, 4.69) is 41.5 Å². The number of amides is 2. The molecule has 2 aliphatic heterocycles. The minimum atomic E-state index is -2.48. The number of anilines is 1. The lowest BCUT2D eigenvalue weighted by atomic mass is 10.1. The molecule has 3 atom stereocenters. The number of methoxy groups -OCH3 is 1. The second-order valence-electron chi connectivity index (χ2n) is 11.7. The zero-order chi connectivity index (χ0) is 30.2. The van der Waals surface area contributed by atoms with Crippen LogP contribution >= 0.6 is 0 Å². The van der Waals surface area contributed by atoms with Gasteiger partial charge in [0, 0.05) is 12.5 Å². The molecular weight excluding hydrogens is 544 g/mol. The third-order valence-corrected chi connectivity index (χ3v) is 14.4. The Labute approximate surface area is 241 Å². The van der Waals surface area contributed by atoms with Crippen molar-refractivity contribution in [3.8, 4) is 11.5 Å². The Morgan fingerprint density at radius 1 is 0.976 bits per heavy atom. The molecule has 222 valence electrons. The minimum Gasteiger partial charge on any atom is -0.540 e. The van der Waals surface area contributed by atoms with Crippen LogP contribution in [0.1, 0.15) is 68.7 Å². The lowest BCUT2D eigenvalue weighted by molar-refractivity contribution is 0.0314. The summed E-state index contributed by atoms with van der Waals surface area (Å²) in [6.07, 6.45) is -3.66. The van der Waals surface area contributed by atoms with Gasteiger partial charge in [0.05, 0.1) is 36.5 Å². The number of nitrogens with zero attached hydrogens (tertiary/aromatic N) is 2. The van der Waals surface area contributed by atoms with Gasteiger partial charge in [-0.3, -0.25) is 4.79 Å². The van der Waals surface area contributed by atoms with Crippen molar-refractivity contribution < 1.29 is 38.5 Å². The molecule has 0 aliphatic carbocycles. The highest BCUT2D eigenvalue weighted by Crippen LogP contribution is 2.47. The van der Waals surface area contributed by atoms with Gasteiger partial charge in [-0.15, -0.1) is 0 Å². The van der Waals surface area contributed by atoms with Crippen LogP contribution in [0.2, 0.25) is 16.6 Å². The van der Waals surface area contributed by atoms with E-state index >= 15 is 0 Å². The van der Waals surface area contributed by atoms with E-state index in [0.717, 1.165) is 4.90 Å². The van der Waals surface area contributed by atoms with Crippen LogP contribution in [-0.4, -0.2) is 73.4 Å². The third-order valence-electron chi connectivity index (χ3n) is 8.43. The summed E-state index contributed by atoms with van der Waals surface area (Å²) in [5.74, 6) is -0.393. The van der Waals surface area contributed by atoms with E-state index in [0.29, 0.717) is 17.1 Å². The van der Waals surface area contributed by atoms with Crippen LogP contribution in [-0.2, 0) is 4.74 Å². The molecule has 2 aromatic rings. The molecular formula is C30H40N2O8Si. The topological polar surface area (TPSA) is 126 Å². The monoisotopic (exact) mass is 584 g/mol. The molecule has 2 aliphatic rings. The molecule has 10 nitrogen and oxygen atoms in total. The number of esters is 1. The summed E-state index contributed by atoms with van der Waals surface area (Å²) in [5.41, 5.74) is 1.13. The summed E-state index contributed by atoms with van der Waals surface area (Å²) in [5, 5.41) is 21.6. The summed E-state index contributed by atoms with van der Waals surface area (Å²) < 4.78 is 18.2. The van der Waals surface area contributed by atoms with Crippen molar-refractivity contribution in [1.29, 1.82) is 0 Å². The number of carboxylic acid groups (broad SMARTS) is 1. The highest BCUT2D eigenvalue weighted by molar-refractivity contribution is 6.78. The fraction of sp³-hybridized carbons (Fsp3) is 0.500. The van der Waals surface area contributed by atoms with E-state index in [9.17, 15) is 24.6 Å². The molecule has 0 radical (unpaired) electrons. The van der Waals surface area contributed by atoms with Crippen molar-refractivity contribution in [3.63, 3.8) is 0 Å². The molecule has 2 N–H and O–H groups in total. The highest BCUT2D eigenvalue weighted by atomic mass is 28.4. The zero-order valence-corrected chi connectivity index (χ0v) is 25.7. The summed E-state index contributed by atoms with van der Waals surface area (Å²) >= 11 is 0. The van der Waals surface area contributed by atoms with Gasteiger partial charge >= 0.3 is 12.1 Å². The van der Waals surface area contributed by atoms with Crippen molar-refractivity contribution in [1.82, 2.24) is 4.90 Å². The lowest BCUT2D eigenvalue weighted by Gasteiger charge is -2.42. The fourth-order valence-electron chi connectivity index (χ4n) is 6.61. The number of benzene rings is 2. The van der Waals surface area contributed by atoms with Crippen molar-refractivity contribution >= 4 is 32.0 Å². The molecule has 0 aromatic heterocycles. The van der Waals surface area contributed by atoms with E-state index < -0.39 is 44.7 Å². The predicted octanol–water partition coefficient (Wildman–Crippen LogP) is 5.51. The maximum atomic E-state index is 13.9. The number of hydrogen-bond donors (Lipinski definition) is 2. The van der Waals surface area contributed by atoms with Crippen molar-refractivity contribution in [2.45, 2.75) is 83.0 Å². The van der Waals surface area contributed by atoms with E-state index in [1.165, 1.54) is 24.1 Å². The van der Waals surface area contributed by atoms with Gasteiger partial charge in [0.1, 0.15) is 11.9 Å². The Kier molecular flexibility index (Phi) is 8.69. The normalized spacial score (nSPS) is 20.7. The molecule has 41 heavy (non-hydrogen) atoms. The number of aliphatic hydroxyl groups excluding tert-OH is 1. The molecule has 2 heterocycles.